The van der Waals surface area contributed by atoms with E-state index < -0.39 is 0 Å². The molecule has 3 heteroatoms. The molecular formula is C11H13N3. The average Bonchev–Trinajstić information content (AvgIpc) is 2.57. The minimum atomic E-state index is 0.823. The third kappa shape index (κ3) is 1.37. The molecule has 0 saturated heterocycles. The highest BCUT2D eigenvalue weighted by molar-refractivity contribution is 5.65. The fraction of sp³-hybridized carbons (Fsp3) is 0.182. The van der Waals surface area contributed by atoms with Gasteiger partial charge in [0.05, 0.1) is 18.2 Å². The van der Waals surface area contributed by atoms with Gasteiger partial charge in [-0.25, -0.2) is 4.98 Å². The molecule has 0 atom stereocenters. The highest BCUT2D eigenvalue weighted by atomic mass is 15.0. The van der Waals surface area contributed by atoms with Gasteiger partial charge in [0.2, 0.25) is 0 Å². The van der Waals surface area contributed by atoms with Crippen molar-refractivity contribution in [2.45, 2.75) is 6.92 Å². The van der Waals surface area contributed by atoms with Crippen LogP contribution in [0.15, 0.2) is 30.7 Å². The number of nitrogens with two attached hydrogens (primary N) is 1. The van der Waals surface area contributed by atoms with Crippen molar-refractivity contribution in [1.82, 2.24) is 9.55 Å². The first kappa shape index (κ1) is 8.81. The Kier molecular flexibility index (Phi) is 2.00. The van der Waals surface area contributed by atoms with Crippen molar-refractivity contribution in [3.63, 3.8) is 0 Å². The second kappa shape index (κ2) is 3.18. The number of benzene rings is 1. The number of rotatable bonds is 1. The third-order valence-electron chi connectivity index (χ3n) is 2.39. The van der Waals surface area contributed by atoms with E-state index in [4.69, 9.17) is 5.73 Å². The van der Waals surface area contributed by atoms with E-state index in [0.29, 0.717) is 0 Å². The highest BCUT2D eigenvalue weighted by Gasteiger charge is 2.03. The van der Waals surface area contributed by atoms with Gasteiger partial charge >= 0.3 is 0 Å². The van der Waals surface area contributed by atoms with Crippen LogP contribution in [-0.2, 0) is 7.05 Å². The molecular weight excluding hydrogens is 174 g/mol. The lowest BCUT2D eigenvalue weighted by Gasteiger charge is -2.05. The zero-order valence-electron chi connectivity index (χ0n) is 8.36. The molecule has 1 aromatic heterocycles. The van der Waals surface area contributed by atoms with Crippen molar-refractivity contribution in [2.24, 2.45) is 7.05 Å². The monoisotopic (exact) mass is 187 g/mol. The molecule has 0 saturated carbocycles. The Labute approximate surface area is 83.2 Å². The lowest BCUT2D eigenvalue weighted by Crippen LogP contribution is -1.93. The maximum atomic E-state index is 5.85. The van der Waals surface area contributed by atoms with E-state index in [0.717, 1.165) is 22.5 Å². The molecule has 1 aromatic carbocycles. The maximum absolute atomic E-state index is 5.85. The highest BCUT2D eigenvalue weighted by Crippen LogP contribution is 2.22. The molecule has 0 unspecified atom stereocenters. The number of nitrogen functional groups attached to an aromatic ring is 1. The van der Waals surface area contributed by atoms with Crippen molar-refractivity contribution in [3.8, 4) is 11.3 Å². The van der Waals surface area contributed by atoms with Crippen LogP contribution in [0, 0.1) is 6.92 Å². The van der Waals surface area contributed by atoms with Crippen molar-refractivity contribution >= 4 is 5.69 Å². The molecule has 0 aliphatic carbocycles. The Morgan fingerprint density at radius 3 is 2.71 bits per heavy atom. The van der Waals surface area contributed by atoms with E-state index in [2.05, 4.69) is 11.1 Å². The van der Waals surface area contributed by atoms with Gasteiger partial charge in [0.15, 0.2) is 0 Å². The van der Waals surface area contributed by atoms with Gasteiger partial charge in [0.25, 0.3) is 0 Å². The summed E-state index contributed by atoms with van der Waals surface area (Å²) in [7, 11) is 1.97. The number of anilines is 1. The molecule has 0 bridgehead atoms. The molecule has 0 spiro atoms. The minimum Gasteiger partial charge on any atom is -0.398 e. The fourth-order valence-electron chi connectivity index (χ4n) is 1.44. The molecule has 0 aliphatic rings. The van der Waals surface area contributed by atoms with Crippen LogP contribution in [0.25, 0.3) is 11.3 Å². The topological polar surface area (TPSA) is 43.8 Å². The number of nitrogens with zero attached hydrogens (tertiary/aromatic N) is 2. The summed E-state index contributed by atoms with van der Waals surface area (Å²) in [6, 6.07) is 6.06. The lowest BCUT2D eigenvalue weighted by molar-refractivity contribution is 0.921. The first-order valence-corrected chi connectivity index (χ1v) is 4.51. The predicted octanol–water partition coefficient (Wildman–Crippen LogP) is 1.98. The molecule has 1 heterocycles. The van der Waals surface area contributed by atoms with Gasteiger partial charge in [0.1, 0.15) is 0 Å². The summed E-state index contributed by atoms with van der Waals surface area (Å²) < 4.78 is 1.98. The van der Waals surface area contributed by atoms with E-state index in [1.165, 1.54) is 0 Å². The summed E-state index contributed by atoms with van der Waals surface area (Å²) in [4.78, 5) is 4.07. The van der Waals surface area contributed by atoms with Crippen LogP contribution in [0.3, 0.4) is 0 Å². The lowest BCUT2D eigenvalue weighted by atomic mass is 10.1. The molecule has 0 radical (unpaired) electrons. The summed E-state index contributed by atoms with van der Waals surface area (Å²) in [5, 5.41) is 0. The van der Waals surface area contributed by atoms with E-state index in [9.17, 15) is 0 Å². The summed E-state index contributed by atoms with van der Waals surface area (Å²) in [6.45, 7) is 2.00. The molecule has 72 valence electrons. The first-order chi connectivity index (χ1) is 6.68. The van der Waals surface area contributed by atoms with Crippen LogP contribution >= 0.6 is 0 Å². The quantitative estimate of drug-likeness (QED) is 0.694. The molecule has 0 fully saturated rings. The number of hydrogen-bond acceptors (Lipinski definition) is 2. The number of aromatic nitrogens is 2. The summed E-state index contributed by atoms with van der Waals surface area (Å²) >= 11 is 0. The van der Waals surface area contributed by atoms with Gasteiger partial charge in [0, 0.05) is 18.3 Å². The predicted molar refractivity (Wildman–Crippen MR) is 57.8 cm³/mol. The zero-order chi connectivity index (χ0) is 10.1. The number of imidazole rings is 1. The number of aryl methyl sites for hydroxylation is 2. The molecule has 0 aliphatic heterocycles. The van der Waals surface area contributed by atoms with Crippen molar-refractivity contribution < 1.29 is 0 Å². The van der Waals surface area contributed by atoms with Gasteiger partial charge in [-0.05, 0) is 18.6 Å². The van der Waals surface area contributed by atoms with Crippen molar-refractivity contribution in [2.75, 3.05) is 5.73 Å². The average molecular weight is 187 g/mol. The Morgan fingerprint density at radius 1 is 1.36 bits per heavy atom. The van der Waals surface area contributed by atoms with E-state index in [1.54, 1.807) is 6.33 Å². The summed E-state index contributed by atoms with van der Waals surface area (Å²) in [6.07, 6.45) is 3.62. The van der Waals surface area contributed by atoms with Gasteiger partial charge in [-0.1, -0.05) is 12.1 Å². The van der Waals surface area contributed by atoms with E-state index in [-0.39, 0.29) is 0 Å². The van der Waals surface area contributed by atoms with Crippen LogP contribution in [0.1, 0.15) is 5.56 Å². The van der Waals surface area contributed by atoms with Crippen molar-refractivity contribution in [1.29, 1.82) is 0 Å². The maximum Gasteiger partial charge on any atom is 0.0948 e. The van der Waals surface area contributed by atoms with Crippen LogP contribution in [-0.4, -0.2) is 9.55 Å². The molecule has 3 nitrogen and oxygen atoms in total. The summed E-state index contributed by atoms with van der Waals surface area (Å²) in [5.74, 6) is 0. The molecule has 0 amide bonds. The SMILES string of the molecule is Cc1ccc(-c2cncn2C)cc1N. The smallest absolute Gasteiger partial charge is 0.0948 e. The van der Waals surface area contributed by atoms with Crippen molar-refractivity contribution in [3.05, 3.63) is 36.3 Å². The second-order valence-corrected chi connectivity index (χ2v) is 3.46. The Hall–Kier alpha value is -1.77. The molecule has 2 N–H and O–H groups in total. The van der Waals surface area contributed by atoms with Gasteiger partial charge in [-0.15, -0.1) is 0 Å². The fourth-order valence-corrected chi connectivity index (χ4v) is 1.44. The minimum absolute atomic E-state index is 0.823. The largest absolute Gasteiger partial charge is 0.398 e. The standard InChI is InChI=1S/C11H13N3/c1-8-3-4-9(5-10(8)12)11-6-13-7-14(11)2/h3-7H,12H2,1-2H3. The van der Waals surface area contributed by atoms with Gasteiger partial charge in [-0.2, -0.15) is 0 Å². The third-order valence-corrected chi connectivity index (χ3v) is 2.39. The zero-order valence-corrected chi connectivity index (χ0v) is 8.36. The normalized spacial score (nSPS) is 10.4. The van der Waals surface area contributed by atoms with E-state index >= 15 is 0 Å². The summed E-state index contributed by atoms with van der Waals surface area (Å²) in [5.41, 5.74) is 9.96. The molecule has 14 heavy (non-hydrogen) atoms. The van der Waals surface area contributed by atoms with Gasteiger partial charge in [-0.3, -0.25) is 0 Å². The second-order valence-electron chi connectivity index (χ2n) is 3.46. The number of hydrogen-bond donors (Lipinski definition) is 1. The Morgan fingerprint density at radius 2 is 2.14 bits per heavy atom. The van der Waals surface area contributed by atoms with Crippen LogP contribution in [0.2, 0.25) is 0 Å². The van der Waals surface area contributed by atoms with Crippen LogP contribution in [0.4, 0.5) is 5.69 Å². The molecule has 2 rings (SSSR count). The van der Waals surface area contributed by atoms with Crippen LogP contribution < -0.4 is 5.73 Å². The Balaban J connectivity index is 2.53. The van der Waals surface area contributed by atoms with E-state index in [1.807, 2.05) is 36.9 Å². The van der Waals surface area contributed by atoms with Crippen LogP contribution in [0.5, 0.6) is 0 Å². The molecule has 2 aromatic rings. The van der Waals surface area contributed by atoms with Gasteiger partial charge < -0.3 is 10.3 Å². The Bertz CT molecular complexity index is 457. The first-order valence-electron chi connectivity index (χ1n) is 4.51.